The molecule has 0 bridgehead atoms. The zero-order chi connectivity index (χ0) is 18.8. The van der Waals surface area contributed by atoms with Gasteiger partial charge in [0.1, 0.15) is 23.0 Å². The maximum absolute atomic E-state index is 13.9. The molecule has 26 heavy (non-hydrogen) atoms. The molecule has 0 spiro atoms. The maximum atomic E-state index is 13.9. The summed E-state index contributed by atoms with van der Waals surface area (Å²) in [6, 6.07) is 4.40. The highest BCUT2D eigenvalue weighted by atomic mass is 19.1. The van der Waals surface area contributed by atoms with Gasteiger partial charge in [0.2, 0.25) is 5.71 Å². The number of carbonyl (C=O) groups excluding carboxylic acids is 1. The minimum atomic E-state index is -0.643. The van der Waals surface area contributed by atoms with Crippen molar-refractivity contribution in [2.24, 2.45) is 0 Å². The molecule has 0 aliphatic rings. The van der Waals surface area contributed by atoms with Crippen LogP contribution >= 0.6 is 0 Å². The molecule has 0 fully saturated rings. The Kier molecular flexibility index (Phi) is 4.75. The number of aromatic nitrogens is 2. The van der Waals surface area contributed by atoms with Crippen LogP contribution in [0.2, 0.25) is 0 Å². The Morgan fingerprint density at radius 2 is 2.15 bits per heavy atom. The molecule has 1 aromatic carbocycles. The van der Waals surface area contributed by atoms with Crippen LogP contribution in [0.3, 0.4) is 0 Å². The molecular weight excluding hydrogens is 343 g/mol. The predicted octanol–water partition coefficient (Wildman–Crippen LogP) is 2.67. The first-order chi connectivity index (χ1) is 12.5. The number of esters is 1. The van der Waals surface area contributed by atoms with E-state index < -0.39 is 17.3 Å². The Labute approximate surface area is 148 Å². The Bertz CT molecular complexity index is 1040. The Morgan fingerprint density at radius 1 is 1.38 bits per heavy atom. The monoisotopic (exact) mass is 360 g/mol. The van der Waals surface area contributed by atoms with Crippen molar-refractivity contribution in [3.8, 4) is 5.75 Å². The number of methoxy groups -OCH3 is 1. The van der Waals surface area contributed by atoms with Gasteiger partial charge < -0.3 is 13.9 Å². The summed E-state index contributed by atoms with van der Waals surface area (Å²) in [5.41, 5.74) is 0.206. The zero-order valence-corrected chi connectivity index (χ0v) is 14.5. The molecular formula is C18H17FN2O5. The largest absolute Gasteiger partial charge is 0.494 e. The highest BCUT2D eigenvalue weighted by molar-refractivity contribution is 6.03. The lowest BCUT2D eigenvalue weighted by atomic mass is 10.2. The predicted molar refractivity (Wildman–Crippen MR) is 91.0 cm³/mol. The van der Waals surface area contributed by atoms with E-state index in [4.69, 9.17) is 13.9 Å². The molecule has 0 aliphatic carbocycles. The van der Waals surface area contributed by atoms with Crippen LogP contribution in [0.15, 0.2) is 33.7 Å². The number of fused-ring (bicyclic) bond motifs is 1. The third-order valence-electron chi connectivity index (χ3n) is 3.90. The normalized spacial score (nSPS) is 10.9. The molecule has 0 N–H and O–H groups in total. The van der Waals surface area contributed by atoms with Crippen LogP contribution in [-0.4, -0.2) is 29.2 Å². The Balaban J connectivity index is 2.06. The van der Waals surface area contributed by atoms with E-state index in [9.17, 15) is 14.0 Å². The van der Waals surface area contributed by atoms with Gasteiger partial charge in [-0.05, 0) is 31.5 Å². The highest BCUT2D eigenvalue weighted by Gasteiger charge is 2.23. The molecule has 8 heteroatoms. The molecule has 0 aliphatic heterocycles. The fourth-order valence-corrected chi connectivity index (χ4v) is 2.70. The van der Waals surface area contributed by atoms with E-state index in [-0.39, 0.29) is 41.3 Å². The van der Waals surface area contributed by atoms with Gasteiger partial charge in [-0.25, -0.2) is 14.2 Å². The second-order valence-electron chi connectivity index (χ2n) is 5.58. The number of aryl methyl sites for hydroxylation is 1. The molecule has 0 unspecified atom stereocenters. The lowest BCUT2D eigenvalue weighted by Crippen LogP contribution is -2.22. The summed E-state index contributed by atoms with van der Waals surface area (Å²) in [4.78, 5) is 29.1. The van der Waals surface area contributed by atoms with E-state index in [0.29, 0.717) is 5.56 Å². The van der Waals surface area contributed by atoms with Crippen molar-refractivity contribution in [1.82, 2.24) is 9.55 Å². The Morgan fingerprint density at radius 3 is 2.81 bits per heavy atom. The number of benzene rings is 1. The summed E-state index contributed by atoms with van der Waals surface area (Å²) in [5, 5.41) is 0.0532. The van der Waals surface area contributed by atoms with Crippen molar-refractivity contribution >= 4 is 17.1 Å². The standard InChI is InChI=1S/C18H17FN2O5/c1-4-25-18(23)14-10(2)26-16-15(14)17(22)21(9-20-16)8-11-5-6-13(24-3)12(19)7-11/h5-7,9H,4,8H2,1-3H3. The average molecular weight is 360 g/mol. The Hall–Kier alpha value is -3.16. The van der Waals surface area contributed by atoms with Gasteiger partial charge in [-0.2, -0.15) is 0 Å². The van der Waals surface area contributed by atoms with E-state index in [2.05, 4.69) is 4.98 Å². The second kappa shape index (κ2) is 6.99. The topological polar surface area (TPSA) is 83.6 Å². The molecule has 7 nitrogen and oxygen atoms in total. The summed E-state index contributed by atoms with van der Waals surface area (Å²) in [6.45, 7) is 3.49. The molecule has 0 radical (unpaired) electrons. The van der Waals surface area contributed by atoms with Gasteiger partial charge in [0, 0.05) is 0 Å². The number of furan rings is 1. The summed E-state index contributed by atoms with van der Waals surface area (Å²) in [5.74, 6) is -0.796. The molecule has 3 rings (SSSR count). The van der Waals surface area contributed by atoms with Gasteiger partial charge in [0.05, 0.1) is 20.3 Å². The molecule has 2 aromatic heterocycles. The SMILES string of the molecule is CCOC(=O)c1c(C)oc2ncn(Cc3ccc(OC)c(F)c3)c(=O)c12. The van der Waals surface area contributed by atoms with E-state index in [0.717, 1.165) is 0 Å². The van der Waals surface area contributed by atoms with E-state index in [1.54, 1.807) is 19.9 Å². The molecule has 3 aromatic rings. The summed E-state index contributed by atoms with van der Waals surface area (Å²) >= 11 is 0. The fraction of sp³-hybridized carbons (Fsp3) is 0.278. The lowest BCUT2D eigenvalue weighted by Gasteiger charge is -2.08. The molecule has 0 amide bonds. The van der Waals surface area contributed by atoms with E-state index >= 15 is 0 Å². The summed E-state index contributed by atoms with van der Waals surface area (Å²) in [6.07, 6.45) is 1.30. The number of hydrogen-bond acceptors (Lipinski definition) is 6. The average Bonchev–Trinajstić information content (AvgIpc) is 2.95. The quantitative estimate of drug-likeness (QED) is 0.651. The summed E-state index contributed by atoms with van der Waals surface area (Å²) < 4.78 is 30.4. The van der Waals surface area contributed by atoms with E-state index in [1.165, 1.54) is 30.1 Å². The number of carbonyl (C=O) groups is 1. The molecule has 2 heterocycles. The van der Waals surface area contributed by atoms with Crippen molar-refractivity contribution in [3.05, 3.63) is 57.6 Å². The maximum Gasteiger partial charge on any atom is 0.342 e. The number of hydrogen-bond donors (Lipinski definition) is 0. The minimum Gasteiger partial charge on any atom is -0.494 e. The first-order valence-corrected chi connectivity index (χ1v) is 7.94. The highest BCUT2D eigenvalue weighted by Crippen LogP contribution is 2.22. The second-order valence-corrected chi connectivity index (χ2v) is 5.58. The fourth-order valence-electron chi connectivity index (χ4n) is 2.70. The zero-order valence-electron chi connectivity index (χ0n) is 14.5. The third kappa shape index (κ3) is 3.05. The van der Waals surface area contributed by atoms with Gasteiger partial charge in [-0.3, -0.25) is 9.36 Å². The third-order valence-corrected chi connectivity index (χ3v) is 3.90. The number of nitrogens with zero attached hydrogens (tertiary/aromatic N) is 2. The number of rotatable bonds is 5. The van der Waals surface area contributed by atoms with Gasteiger partial charge in [-0.1, -0.05) is 6.07 Å². The van der Waals surface area contributed by atoms with Crippen LogP contribution in [0.4, 0.5) is 4.39 Å². The first-order valence-electron chi connectivity index (χ1n) is 7.94. The summed E-state index contributed by atoms with van der Waals surface area (Å²) in [7, 11) is 1.37. The van der Waals surface area contributed by atoms with Crippen molar-refractivity contribution in [1.29, 1.82) is 0 Å². The molecule has 0 saturated carbocycles. The van der Waals surface area contributed by atoms with Crippen LogP contribution in [0.5, 0.6) is 5.75 Å². The van der Waals surface area contributed by atoms with E-state index in [1.807, 2.05) is 0 Å². The van der Waals surface area contributed by atoms with Crippen molar-refractivity contribution in [2.45, 2.75) is 20.4 Å². The van der Waals surface area contributed by atoms with Gasteiger partial charge in [0.25, 0.3) is 5.56 Å². The van der Waals surface area contributed by atoms with Crippen molar-refractivity contribution < 1.29 is 23.1 Å². The molecule has 0 atom stereocenters. The van der Waals surface area contributed by atoms with Gasteiger partial charge >= 0.3 is 5.97 Å². The first kappa shape index (κ1) is 17.7. The lowest BCUT2D eigenvalue weighted by molar-refractivity contribution is 0.0526. The minimum absolute atomic E-state index is 0.0532. The smallest absolute Gasteiger partial charge is 0.342 e. The van der Waals surface area contributed by atoms with Gasteiger partial charge in [-0.15, -0.1) is 0 Å². The van der Waals surface area contributed by atoms with Crippen LogP contribution < -0.4 is 10.3 Å². The number of ether oxygens (including phenoxy) is 2. The molecule has 136 valence electrons. The van der Waals surface area contributed by atoms with Crippen LogP contribution in [0, 0.1) is 12.7 Å². The van der Waals surface area contributed by atoms with Crippen LogP contribution in [-0.2, 0) is 11.3 Å². The van der Waals surface area contributed by atoms with Gasteiger partial charge in [0.15, 0.2) is 11.6 Å². The number of halogens is 1. The van der Waals surface area contributed by atoms with Crippen LogP contribution in [0.25, 0.3) is 11.1 Å². The van der Waals surface area contributed by atoms with Crippen molar-refractivity contribution in [3.63, 3.8) is 0 Å². The van der Waals surface area contributed by atoms with Crippen molar-refractivity contribution in [2.75, 3.05) is 13.7 Å². The molecule has 0 saturated heterocycles. The van der Waals surface area contributed by atoms with Crippen LogP contribution in [0.1, 0.15) is 28.6 Å².